The quantitative estimate of drug-likeness (QED) is 0.319. The van der Waals surface area contributed by atoms with Crippen molar-refractivity contribution in [3.8, 4) is 40.6 Å². The number of rotatable bonds is 5. The first-order chi connectivity index (χ1) is 18.3. The Hall–Kier alpha value is -5.15. The van der Waals surface area contributed by atoms with Crippen molar-refractivity contribution in [3.63, 3.8) is 0 Å². The minimum Gasteiger partial charge on any atom is -0.493 e. The largest absolute Gasteiger partial charge is 0.493 e. The first kappa shape index (κ1) is 24.5. The highest BCUT2D eigenvalue weighted by atomic mass is 16.5. The first-order valence-electron chi connectivity index (χ1n) is 11.9. The Balaban J connectivity index is 1.81. The molecular weight excluding hydrogens is 478 g/mol. The molecule has 3 heterocycles. The number of benzene rings is 2. The van der Waals surface area contributed by atoms with Crippen LogP contribution in [-0.4, -0.2) is 33.3 Å². The lowest BCUT2D eigenvalue weighted by Crippen LogP contribution is -2.23. The highest BCUT2D eigenvalue weighted by Gasteiger charge is 2.22. The zero-order chi connectivity index (χ0) is 27.0. The van der Waals surface area contributed by atoms with Crippen LogP contribution >= 0.6 is 0 Å². The number of imidazole rings is 1. The van der Waals surface area contributed by atoms with E-state index in [4.69, 9.17) is 9.47 Å². The zero-order valence-electron chi connectivity index (χ0n) is 21.7. The van der Waals surface area contributed by atoms with Crippen LogP contribution < -0.4 is 15.1 Å². The van der Waals surface area contributed by atoms with Gasteiger partial charge in [-0.1, -0.05) is 12.1 Å². The number of fused-ring (bicyclic) bond motifs is 3. The average Bonchev–Trinajstić information content (AvgIpc) is 3.24. The van der Waals surface area contributed by atoms with E-state index in [2.05, 4.69) is 27.1 Å². The Morgan fingerprint density at radius 3 is 2.29 bits per heavy atom. The molecule has 0 aliphatic heterocycles. The second kappa shape index (κ2) is 9.38. The van der Waals surface area contributed by atoms with Gasteiger partial charge in [-0.25, -0.2) is 0 Å². The molecule has 0 saturated carbocycles. The number of aromatic nitrogens is 4. The summed E-state index contributed by atoms with van der Waals surface area (Å²) < 4.78 is 14.6. The van der Waals surface area contributed by atoms with E-state index in [1.54, 1.807) is 26.6 Å². The van der Waals surface area contributed by atoms with Gasteiger partial charge in [0.1, 0.15) is 0 Å². The Morgan fingerprint density at radius 1 is 0.895 bits per heavy atom. The van der Waals surface area contributed by atoms with Crippen molar-refractivity contribution in [3.05, 3.63) is 72.2 Å². The van der Waals surface area contributed by atoms with Gasteiger partial charge < -0.3 is 14.0 Å². The summed E-state index contributed by atoms with van der Waals surface area (Å²) in [5, 5.41) is 19.9. The molecule has 0 spiro atoms. The molecule has 9 nitrogen and oxygen atoms in total. The van der Waals surface area contributed by atoms with Gasteiger partial charge in [0.25, 0.3) is 0 Å². The Bertz CT molecular complexity index is 1850. The van der Waals surface area contributed by atoms with Gasteiger partial charge in [0.05, 0.1) is 66.0 Å². The van der Waals surface area contributed by atoms with Crippen molar-refractivity contribution < 1.29 is 9.47 Å². The molecule has 0 atom stereocenters. The topological polar surface area (TPSA) is 114 Å². The molecule has 0 bridgehead atoms. The number of nitrogens with zero attached hydrogens (tertiary/aromatic N) is 7. The number of ether oxygens (including phenoxy) is 2. The maximum atomic E-state index is 9.52. The van der Waals surface area contributed by atoms with Crippen molar-refractivity contribution in [2.45, 2.75) is 19.3 Å². The van der Waals surface area contributed by atoms with E-state index in [1.807, 2.05) is 78.7 Å². The third-order valence-corrected chi connectivity index (χ3v) is 6.70. The molecule has 5 rings (SSSR count). The molecule has 9 heteroatoms. The molecule has 0 aliphatic carbocycles. The molecule has 0 radical (unpaired) electrons. The van der Waals surface area contributed by atoms with Crippen LogP contribution in [0.2, 0.25) is 0 Å². The Labute approximate surface area is 219 Å². The molecule has 3 aromatic heterocycles. The van der Waals surface area contributed by atoms with Crippen LogP contribution in [0, 0.1) is 22.8 Å². The van der Waals surface area contributed by atoms with Gasteiger partial charge >= 0.3 is 0 Å². The van der Waals surface area contributed by atoms with E-state index in [0.717, 1.165) is 33.1 Å². The number of pyridine rings is 2. The molecule has 38 heavy (non-hydrogen) atoms. The Morgan fingerprint density at radius 2 is 1.63 bits per heavy atom. The van der Waals surface area contributed by atoms with Gasteiger partial charge in [-0.3, -0.25) is 14.5 Å². The molecule has 0 amide bonds. The van der Waals surface area contributed by atoms with Gasteiger partial charge in [0, 0.05) is 12.4 Å². The fourth-order valence-electron chi connectivity index (χ4n) is 4.56. The summed E-state index contributed by atoms with van der Waals surface area (Å²) in [6, 6.07) is 17.8. The zero-order valence-corrected chi connectivity index (χ0v) is 21.7. The van der Waals surface area contributed by atoms with Crippen LogP contribution in [0.25, 0.3) is 38.8 Å². The second-order valence-electron chi connectivity index (χ2n) is 9.34. The monoisotopic (exact) mass is 503 g/mol. The molecule has 5 aromatic rings. The maximum absolute atomic E-state index is 9.52. The summed E-state index contributed by atoms with van der Waals surface area (Å²) in [5.41, 5.74) is 5.42. The number of methoxy groups -OCH3 is 2. The summed E-state index contributed by atoms with van der Waals surface area (Å²) in [5.74, 6) is 1.29. The van der Waals surface area contributed by atoms with Crippen LogP contribution in [0.4, 0.5) is 0 Å². The van der Waals surface area contributed by atoms with Gasteiger partial charge in [-0.2, -0.15) is 10.5 Å². The van der Waals surface area contributed by atoms with E-state index in [1.165, 1.54) is 0 Å². The van der Waals surface area contributed by atoms with Gasteiger partial charge in [-0.15, -0.1) is 4.99 Å². The normalized spacial score (nSPS) is 11.9. The fourth-order valence-corrected chi connectivity index (χ4v) is 4.56. The highest BCUT2D eigenvalue weighted by Crippen LogP contribution is 2.35. The molecule has 0 aliphatic rings. The average molecular weight is 504 g/mol. The van der Waals surface area contributed by atoms with E-state index in [0.29, 0.717) is 28.5 Å². The summed E-state index contributed by atoms with van der Waals surface area (Å²) in [7, 11) is 5.07. The van der Waals surface area contributed by atoms with Crippen LogP contribution in [0.5, 0.6) is 11.5 Å². The molecule has 0 N–H and O–H groups in total. The number of aryl methyl sites for hydroxylation is 1. The molecule has 0 unspecified atom stereocenters. The number of hydrogen-bond donors (Lipinski definition) is 0. The van der Waals surface area contributed by atoms with E-state index in [9.17, 15) is 10.5 Å². The number of nitriles is 2. The summed E-state index contributed by atoms with van der Waals surface area (Å²) in [4.78, 5) is 13.4. The standard InChI is InChI=1S/C29H25N7O2/c1-29(2,16-30)26-11-8-20(14-33-26)36-27-21-12-18(19-7-10-24(37-4)25(13-19)38-5)6-9-22(21)32-15-23(27)35(3)28(36)34-17-31/h6-15H,1-5H3/b34-28-. The third kappa shape index (κ3) is 3.91. The molecule has 188 valence electrons. The smallest absolute Gasteiger partial charge is 0.226 e. The predicted octanol–water partition coefficient (Wildman–Crippen LogP) is 4.78. The maximum Gasteiger partial charge on any atom is 0.226 e. The van der Waals surface area contributed by atoms with Crippen molar-refractivity contribution in [1.29, 1.82) is 10.5 Å². The fraction of sp³-hybridized carbons (Fsp3) is 0.207. The lowest BCUT2D eigenvalue weighted by molar-refractivity contribution is 0.355. The van der Waals surface area contributed by atoms with Crippen LogP contribution in [0.15, 0.2) is 65.9 Å². The summed E-state index contributed by atoms with van der Waals surface area (Å²) in [6.07, 6.45) is 5.41. The predicted molar refractivity (Wildman–Crippen MR) is 144 cm³/mol. The highest BCUT2D eigenvalue weighted by molar-refractivity contribution is 6.04. The molecule has 0 fully saturated rings. The van der Waals surface area contributed by atoms with Gasteiger partial charge in [0.15, 0.2) is 11.5 Å². The van der Waals surface area contributed by atoms with Crippen LogP contribution in [0.1, 0.15) is 19.5 Å². The van der Waals surface area contributed by atoms with Gasteiger partial charge in [0.2, 0.25) is 11.8 Å². The lowest BCUT2D eigenvalue weighted by atomic mass is 9.91. The molecular formula is C29H25N7O2. The van der Waals surface area contributed by atoms with Crippen molar-refractivity contribution >= 4 is 21.9 Å². The van der Waals surface area contributed by atoms with Crippen molar-refractivity contribution in [2.75, 3.05) is 14.2 Å². The summed E-state index contributed by atoms with van der Waals surface area (Å²) >= 11 is 0. The number of hydrogen-bond acceptors (Lipinski definition) is 7. The minimum absolute atomic E-state index is 0.433. The first-order valence-corrected chi connectivity index (χ1v) is 11.9. The van der Waals surface area contributed by atoms with Gasteiger partial charge in [-0.05, 0) is 61.4 Å². The van der Waals surface area contributed by atoms with E-state index >= 15 is 0 Å². The molecule has 0 saturated heterocycles. The van der Waals surface area contributed by atoms with Crippen LogP contribution in [-0.2, 0) is 12.5 Å². The SMILES string of the molecule is COc1ccc(-c2ccc3ncc4c(c3c2)n(-c2ccc(C(C)(C)C#N)nc2)/c(=N\C#N)n4C)cc1OC. The second-order valence-corrected chi connectivity index (χ2v) is 9.34. The van der Waals surface area contributed by atoms with Crippen molar-refractivity contribution in [2.24, 2.45) is 12.0 Å². The third-order valence-electron chi connectivity index (χ3n) is 6.70. The Kier molecular flexibility index (Phi) is 6.06. The van der Waals surface area contributed by atoms with Crippen molar-refractivity contribution in [1.82, 2.24) is 19.1 Å². The lowest BCUT2D eigenvalue weighted by Gasteiger charge is -2.15. The van der Waals surface area contributed by atoms with E-state index in [-0.39, 0.29) is 0 Å². The van der Waals surface area contributed by atoms with E-state index < -0.39 is 5.41 Å². The van der Waals surface area contributed by atoms with Crippen LogP contribution in [0.3, 0.4) is 0 Å². The molecule has 2 aromatic carbocycles. The minimum atomic E-state index is -0.729. The summed E-state index contributed by atoms with van der Waals surface area (Å²) in [6.45, 7) is 3.65.